The van der Waals surface area contributed by atoms with E-state index in [2.05, 4.69) is 35.4 Å². The van der Waals surface area contributed by atoms with Gasteiger partial charge in [0.05, 0.1) is 26.4 Å². The summed E-state index contributed by atoms with van der Waals surface area (Å²) in [6.07, 6.45) is 1.54. The Labute approximate surface area is 142 Å². The van der Waals surface area contributed by atoms with Crippen molar-refractivity contribution in [2.24, 2.45) is 0 Å². The van der Waals surface area contributed by atoms with E-state index in [1.54, 1.807) is 6.33 Å². The number of anilines is 2. The van der Waals surface area contributed by atoms with Crippen LogP contribution < -0.4 is 10.6 Å². The fraction of sp³-hybridized carbons (Fsp3) is 0.800. The first-order valence-corrected chi connectivity index (χ1v) is 8.67. The van der Waals surface area contributed by atoms with Crippen LogP contribution >= 0.6 is 0 Å². The summed E-state index contributed by atoms with van der Waals surface area (Å²) < 4.78 is 10.7. The summed E-state index contributed by atoms with van der Waals surface area (Å²) in [5.74, 6) is 1.24. The van der Waals surface area contributed by atoms with Crippen molar-refractivity contribution in [1.82, 2.24) is 24.8 Å². The van der Waals surface area contributed by atoms with E-state index in [-0.39, 0.29) is 0 Å². The zero-order valence-corrected chi connectivity index (χ0v) is 14.1. The van der Waals surface area contributed by atoms with E-state index < -0.39 is 0 Å². The second-order valence-corrected chi connectivity index (χ2v) is 5.89. The number of ether oxygens (including phenoxy) is 2. The molecule has 0 aliphatic carbocycles. The van der Waals surface area contributed by atoms with E-state index in [9.17, 15) is 0 Å². The lowest BCUT2D eigenvalue weighted by atomic mass is 10.4. The van der Waals surface area contributed by atoms with Crippen LogP contribution in [0.4, 0.5) is 11.9 Å². The van der Waals surface area contributed by atoms with Crippen molar-refractivity contribution in [2.45, 2.75) is 0 Å². The lowest BCUT2D eigenvalue weighted by molar-refractivity contribution is 0.0398. The van der Waals surface area contributed by atoms with E-state index in [0.717, 1.165) is 78.8 Å². The number of nitrogens with one attached hydrogen (secondary N) is 2. The third-order valence-corrected chi connectivity index (χ3v) is 4.20. The topological polar surface area (TPSA) is 87.7 Å². The van der Waals surface area contributed by atoms with E-state index in [0.29, 0.717) is 11.9 Å². The molecule has 0 aromatic carbocycles. The van der Waals surface area contributed by atoms with Gasteiger partial charge in [-0.25, -0.2) is 9.97 Å². The third kappa shape index (κ3) is 5.82. The predicted octanol–water partition coefficient (Wildman–Crippen LogP) is -0.640. The van der Waals surface area contributed by atoms with Gasteiger partial charge in [0.25, 0.3) is 0 Å². The smallest absolute Gasteiger partial charge is 0.227 e. The number of rotatable bonds is 8. The van der Waals surface area contributed by atoms with E-state index in [1.165, 1.54) is 0 Å². The highest BCUT2D eigenvalue weighted by atomic mass is 16.5. The Morgan fingerprint density at radius 2 is 1.25 bits per heavy atom. The second-order valence-electron chi connectivity index (χ2n) is 5.89. The van der Waals surface area contributed by atoms with Crippen LogP contribution in [0, 0.1) is 0 Å². The lowest BCUT2D eigenvalue weighted by Gasteiger charge is -2.26. The maximum atomic E-state index is 5.35. The Bertz CT molecular complexity index is 439. The molecule has 0 spiro atoms. The van der Waals surface area contributed by atoms with Crippen LogP contribution in [-0.4, -0.2) is 104 Å². The quantitative estimate of drug-likeness (QED) is 0.643. The Morgan fingerprint density at radius 3 is 1.71 bits per heavy atom. The summed E-state index contributed by atoms with van der Waals surface area (Å²) in [6, 6.07) is 0. The maximum absolute atomic E-state index is 5.35. The van der Waals surface area contributed by atoms with Gasteiger partial charge in [-0.1, -0.05) is 0 Å². The number of nitrogens with zero attached hydrogens (tertiary/aromatic N) is 5. The van der Waals surface area contributed by atoms with Gasteiger partial charge in [0.1, 0.15) is 6.33 Å². The molecule has 2 N–H and O–H groups in total. The Morgan fingerprint density at radius 1 is 0.792 bits per heavy atom. The van der Waals surface area contributed by atoms with Crippen LogP contribution in [-0.2, 0) is 9.47 Å². The molecule has 0 amide bonds. The number of hydrogen-bond acceptors (Lipinski definition) is 9. The van der Waals surface area contributed by atoms with Crippen molar-refractivity contribution in [3.05, 3.63) is 6.33 Å². The molecular formula is C15H27N7O2. The van der Waals surface area contributed by atoms with Crippen molar-refractivity contribution >= 4 is 11.9 Å². The molecular weight excluding hydrogens is 310 g/mol. The summed E-state index contributed by atoms with van der Waals surface area (Å²) in [7, 11) is 0. The van der Waals surface area contributed by atoms with Crippen LogP contribution in [0.25, 0.3) is 0 Å². The monoisotopic (exact) mass is 337 g/mol. The zero-order chi connectivity index (χ0) is 16.5. The van der Waals surface area contributed by atoms with E-state index >= 15 is 0 Å². The molecule has 9 nitrogen and oxygen atoms in total. The molecule has 2 fully saturated rings. The van der Waals surface area contributed by atoms with Crippen LogP contribution in [0.3, 0.4) is 0 Å². The molecule has 24 heavy (non-hydrogen) atoms. The van der Waals surface area contributed by atoms with Gasteiger partial charge in [-0.05, 0) is 0 Å². The molecule has 0 atom stereocenters. The molecule has 1 aromatic heterocycles. The SMILES string of the molecule is c1nc(NCCN2CCOCC2)nc(NCCN2CCOCC2)n1. The summed E-state index contributed by atoms with van der Waals surface area (Å²) in [5.41, 5.74) is 0. The highest BCUT2D eigenvalue weighted by molar-refractivity contribution is 5.32. The van der Waals surface area contributed by atoms with Crippen LogP contribution in [0.1, 0.15) is 0 Å². The molecule has 2 aliphatic heterocycles. The van der Waals surface area contributed by atoms with Gasteiger partial charge in [-0.2, -0.15) is 4.98 Å². The van der Waals surface area contributed by atoms with Gasteiger partial charge in [0, 0.05) is 52.4 Å². The maximum Gasteiger partial charge on any atom is 0.227 e. The second kappa shape index (κ2) is 9.67. The van der Waals surface area contributed by atoms with Gasteiger partial charge in [-0.3, -0.25) is 9.80 Å². The standard InChI is InChI=1S/C15H27N7O2/c1(3-21-5-9-23-10-6-21)16-14-18-13-19-15(20-14)17-2-4-22-7-11-24-12-8-22/h13H,1-12H2,(H2,16,17,18,19,20). The molecule has 3 heterocycles. The normalized spacial score (nSPS) is 20.0. The van der Waals surface area contributed by atoms with Crippen LogP contribution in [0.2, 0.25) is 0 Å². The van der Waals surface area contributed by atoms with Gasteiger partial charge < -0.3 is 20.1 Å². The van der Waals surface area contributed by atoms with Crippen molar-refractivity contribution in [3.8, 4) is 0 Å². The summed E-state index contributed by atoms with van der Waals surface area (Å²) in [4.78, 5) is 17.5. The Hall–Kier alpha value is -1.55. The van der Waals surface area contributed by atoms with E-state index in [4.69, 9.17) is 9.47 Å². The van der Waals surface area contributed by atoms with Gasteiger partial charge in [0.15, 0.2) is 0 Å². The van der Waals surface area contributed by atoms with Crippen molar-refractivity contribution in [1.29, 1.82) is 0 Å². The van der Waals surface area contributed by atoms with Gasteiger partial charge in [0.2, 0.25) is 11.9 Å². The molecule has 0 unspecified atom stereocenters. The fourth-order valence-electron chi connectivity index (χ4n) is 2.77. The molecule has 2 saturated heterocycles. The average Bonchev–Trinajstić information content (AvgIpc) is 2.64. The first kappa shape index (κ1) is 17.3. The predicted molar refractivity (Wildman–Crippen MR) is 91.3 cm³/mol. The molecule has 134 valence electrons. The van der Waals surface area contributed by atoms with Gasteiger partial charge >= 0.3 is 0 Å². The first-order chi connectivity index (χ1) is 11.9. The van der Waals surface area contributed by atoms with E-state index in [1.807, 2.05) is 0 Å². The van der Waals surface area contributed by atoms with Crippen molar-refractivity contribution in [2.75, 3.05) is 89.4 Å². The number of hydrogen-bond donors (Lipinski definition) is 2. The van der Waals surface area contributed by atoms with Crippen LogP contribution in [0.15, 0.2) is 6.33 Å². The fourth-order valence-corrected chi connectivity index (χ4v) is 2.77. The molecule has 3 rings (SSSR count). The summed E-state index contributed by atoms with van der Waals surface area (Å²) >= 11 is 0. The Balaban J connectivity index is 1.35. The molecule has 0 bridgehead atoms. The highest BCUT2D eigenvalue weighted by Gasteiger charge is 2.11. The molecule has 2 aliphatic rings. The van der Waals surface area contributed by atoms with Gasteiger partial charge in [-0.15, -0.1) is 0 Å². The molecule has 0 saturated carbocycles. The highest BCUT2D eigenvalue weighted by Crippen LogP contribution is 2.03. The van der Waals surface area contributed by atoms with Crippen molar-refractivity contribution in [3.63, 3.8) is 0 Å². The largest absolute Gasteiger partial charge is 0.379 e. The number of morpholine rings is 2. The zero-order valence-electron chi connectivity index (χ0n) is 14.1. The Kier molecular flexibility index (Phi) is 6.97. The molecule has 1 aromatic rings. The average molecular weight is 337 g/mol. The molecule has 0 radical (unpaired) electrons. The van der Waals surface area contributed by atoms with Crippen LogP contribution in [0.5, 0.6) is 0 Å². The summed E-state index contributed by atoms with van der Waals surface area (Å²) in [5, 5.41) is 6.52. The minimum Gasteiger partial charge on any atom is -0.379 e. The number of aromatic nitrogens is 3. The van der Waals surface area contributed by atoms with Crippen molar-refractivity contribution < 1.29 is 9.47 Å². The molecule has 9 heteroatoms. The third-order valence-electron chi connectivity index (χ3n) is 4.20. The first-order valence-electron chi connectivity index (χ1n) is 8.67. The lowest BCUT2D eigenvalue weighted by Crippen LogP contribution is -2.39. The minimum absolute atomic E-state index is 0.618. The summed E-state index contributed by atoms with van der Waals surface area (Å²) in [6.45, 7) is 10.8. The minimum atomic E-state index is 0.618.